The first-order chi connectivity index (χ1) is 13.3. The molecule has 2 rings (SSSR count). The monoisotopic (exact) mass is 460 g/mol. The minimum atomic E-state index is -3.84. The molecule has 1 aliphatic heterocycles. The summed E-state index contributed by atoms with van der Waals surface area (Å²) in [6, 6.07) is 5.01. The summed E-state index contributed by atoms with van der Waals surface area (Å²) in [5.41, 5.74) is 0.618. The van der Waals surface area contributed by atoms with E-state index in [-0.39, 0.29) is 28.5 Å². The number of hydrogen-bond acceptors (Lipinski definition) is 7. The summed E-state index contributed by atoms with van der Waals surface area (Å²) in [7, 11) is -2.30. The van der Waals surface area contributed by atoms with Gasteiger partial charge in [-0.1, -0.05) is 13.0 Å². The van der Waals surface area contributed by atoms with Gasteiger partial charge in [-0.05, 0) is 48.0 Å². The molecule has 0 bridgehead atoms. The summed E-state index contributed by atoms with van der Waals surface area (Å²) >= 11 is 7.91. The van der Waals surface area contributed by atoms with E-state index in [1.165, 1.54) is 17.8 Å². The van der Waals surface area contributed by atoms with Gasteiger partial charge in [0.1, 0.15) is 11.1 Å². The number of sulfonamides is 1. The number of amides is 1. The number of carbonyl (C=O) groups excluding carboxylic acids is 1. The smallest absolute Gasteiger partial charge is 0.264 e. The van der Waals surface area contributed by atoms with Crippen molar-refractivity contribution in [2.24, 2.45) is 0 Å². The molecule has 0 spiro atoms. The first-order valence-electron chi connectivity index (χ1n) is 8.55. The van der Waals surface area contributed by atoms with Crippen LogP contribution in [0.2, 0.25) is 0 Å². The number of hydrogen-bond donors (Lipinski definition) is 3. The number of carbonyl (C=O) groups is 1. The van der Waals surface area contributed by atoms with Crippen molar-refractivity contribution in [2.75, 3.05) is 19.2 Å². The minimum Gasteiger partial charge on any atom is -0.365 e. The molecule has 1 aromatic carbocycles. The fourth-order valence-electron chi connectivity index (χ4n) is 2.60. The van der Waals surface area contributed by atoms with Gasteiger partial charge in [-0.3, -0.25) is 9.52 Å². The number of thioether (sulfide) groups is 2. The third-order valence-electron chi connectivity index (χ3n) is 4.02. The normalized spacial score (nSPS) is 14.6. The van der Waals surface area contributed by atoms with E-state index in [2.05, 4.69) is 20.3 Å². The Kier molecular flexibility index (Phi) is 8.47. The first kappa shape index (κ1) is 22.9. The highest BCUT2D eigenvalue weighted by Gasteiger charge is 2.22. The second kappa shape index (κ2) is 10.4. The molecule has 3 N–H and O–H groups in total. The Morgan fingerprint density at radius 2 is 2.18 bits per heavy atom. The highest BCUT2D eigenvalue weighted by Crippen LogP contribution is 2.26. The molecule has 0 saturated carbocycles. The van der Waals surface area contributed by atoms with Crippen molar-refractivity contribution in [2.45, 2.75) is 35.7 Å². The molecular formula is C17H24N4O3S4. The lowest BCUT2D eigenvalue weighted by molar-refractivity contribution is -0.122. The van der Waals surface area contributed by atoms with Gasteiger partial charge < -0.3 is 15.5 Å². The predicted octanol–water partition coefficient (Wildman–Crippen LogP) is 2.06. The van der Waals surface area contributed by atoms with Crippen LogP contribution >= 0.6 is 35.7 Å². The average Bonchev–Trinajstić information content (AvgIpc) is 3.20. The summed E-state index contributed by atoms with van der Waals surface area (Å²) in [6.45, 7) is 2.01. The fraction of sp³-hybridized carbons (Fsp3) is 0.412. The first-order valence-corrected chi connectivity index (χ1v) is 12.7. The van der Waals surface area contributed by atoms with Crippen molar-refractivity contribution in [1.82, 2.24) is 20.3 Å². The maximum atomic E-state index is 12.6. The standard InChI is InChI=1S/C17H24N4O3S4/c1-4-15(21-7-8-27-11-21)19-16(22)10-12-5-6-13(26-3)14(9-12)28(23,24)20-17(25)18-2/h5-9,15H,4,10-11H2,1-3H3,(H,19,22)(H2,18,20,25). The van der Waals surface area contributed by atoms with Crippen LogP contribution in [0.1, 0.15) is 18.9 Å². The van der Waals surface area contributed by atoms with Gasteiger partial charge in [0.05, 0.1) is 12.3 Å². The molecule has 154 valence electrons. The van der Waals surface area contributed by atoms with E-state index in [1.54, 1.807) is 37.2 Å². The van der Waals surface area contributed by atoms with E-state index < -0.39 is 10.0 Å². The highest BCUT2D eigenvalue weighted by atomic mass is 32.2. The van der Waals surface area contributed by atoms with Crippen LogP contribution in [0.5, 0.6) is 0 Å². The lowest BCUT2D eigenvalue weighted by Crippen LogP contribution is -2.45. The summed E-state index contributed by atoms with van der Waals surface area (Å²) < 4.78 is 27.6. The third kappa shape index (κ3) is 6.03. The lowest BCUT2D eigenvalue weighted by atomic mass is 10.1. The Morgan fingerprint density at radius 3 is 2.75 bits per heavy atom. The average molecular weight is 461 g/mol. The molecule has 1 atom stereocenters. The maximum absolute atomic E-state index is 12.6. The van der Waals surface area contributed by atoms with Crippen LogP contribution in [0.4, 0.5) is 0 Å². The molecule has 0 saturated heterocycles. The second-order valence-corrected chi connectivity index (χ2v) is 9.70. The second-order valence-electron chi connectivity index (χ2n) is 5.93. The zero-order chi connectivity index (χ0) is 20.7. The summed E-state index contributed by atoms with van der Waals surface area (Å²) in [5.74, 6) is 0.650. The topological polar surface area (TPSA) is 90.5 Å². The number of nitrogens with zero attached hydrogens (tertiary/aromatic N) is 1. The SMILES string of the molecule is CCC(NC(=O)Cc1ccc(SC)c(S(=O)(=O)NC(=S)NC)c1)N1C=CSC1. The summed E-state index contributed by atoms with van der Waals surface area (Å²) in [4.78, 5) is 15.3. The van der Waals surface area contributed by atoms with Gasteiger partial charge in [0.25, 0.3) is 10.0 Å². The van der Waals surface area contributed by atoms with Crippen LogP contribution in [-0.4, -0.2) is 49.7 Å². The number of benzene rings is 1. The Balaban J connectivity index is 2.16. The minimum absolute atomic E-state index is 0.0116. The van der Waals surface area contributed by atoms with E-state index >= 15 is 0 Å². The fourth-order valence-corrected chi connectivity index (χ4v) is 5.83. The Bertz CT molecular complexity index is 858. The van der Waals surface area contributed by atoms with E-state index in [1.807, 2.05) is 18.5 Å². The Hall–Kier alpha value is -1.43. The molecule has 0 aliphatic carbocycles. The molecule has 0 fully saturated rings. The van der Waals surface area contributed by atoms with Gasteiger partial charge in [0, 0.05) is 18.1 Å². The molecule has 0 aromatic heterocycles. The number of nitrogens with one attached hydrogen (secondary N) is 3. The van der Waals surface area contributed by atoms with Gasteiger partial charge in [-0.2, -0.15) is 0 Å². The van der Waals surface area contributed by atoms with E-state index in [9.17, 15) is 13.2 Å². The van der Waals surface area contributed by atoms with Crippen LogP contribution in [-0.2, 0) is 21.2 Å². The zero-order valence-corrected chi connectivity index (χ0v) is 19.2. The summed E-state index contributed by atoms with van der Waals surface area (Å²) in [6.07, 6.45) is 4.54. The van der Waals surface area contributed by atoms with Gasteiger partial charge >= 0.3 is 0 Å². The quantitative estimate of drug-likeness (QED) is 0.401. The molecule has 1 amide bonds. The molecule has 7 nitrogen and oxygen atoms in total. The molecule has 11 heteroatoms. The largest absolute Gasteiger partial charge is 0.365 e. The van der Waals surface area contributed by atoms with Gasteiger partial charge in [-0.15, -0.1) is 23.5 Å². The van der Waals surface area contributed by atoms with E-state index in [0.717, 1.165) is 12.3 Å². The predicted molar refractivity (Wildman–Crippen MR) is 120 cm³/mol. The maximum Gasteiger partial charge on any atom is 0.264 e. The van der Waals surface area contributed by atoms with Crippen molar-refractivity contribution >= 4 is 56.8 Å². The molecule has 1 heterocycles. The molecule has 0 radical (unpaired) electrons. The lowest BCUT2D eigenvalue weighted by Gasteiger charge is -2.27. The van der Waals surface area contributed by atoms with Crippen LogP contribution in [0.15, 0.2) is 39.6 Å². The van der Waals surface area contributed by atoms with Gasteiger partial charge in [-0.25, -0.2) is 8.42 Å². The van der Waals surface area contributed by atoms with Gasteiger partial charge in [0.15, 0.2) is 5.11 Å². The Morgan fingerprint density at radius 1 is 1.43 bits per heavy atom. The molecular weight excluding hydrogens is 436 g/mol. The van der Waals surface area contributed by atoms with Crippen LogP contribution in [0.3, 0.4) is 0 Å². The molecule has 1 unspecified atom stereocenters. The number of thiocarbonyl (C=S) groups is 1. The van der Waals surface area contributed by atoms with Crippen molar-refractivity contribution in [1.29, 1.82) is 0 Å². The van der Waals surface area contributed by atoms with Crippen LogP contribution in [0.25, 0.3) is 0 Å². The van der Waals surface area contributed by atoms with Gasteiger partial charge in [0.2, 0.25) is 5.91 Å². The highest BCUT2D eigenvalue weighted by molar-refractivity contribution is 8.02. The van der Waals surface area contributed by atoms with Crippen molar-refractivity contribution in [3.8, 4) is 0 Å². The van der Waals surface area contributed by atoms with Crippen molar-refractivity contribution < 1.29 is 13.2 Å². The molecule has 1 aromatic rings. The molecule has 1 aliphatic rings. The van der Waals surface area contributed by atoms with Crippen molar-refractivity contribution in [3.05, 3.63) is 35.4 Å². The zero-order valence-electron chi connectivity index (χ0n) is 15.9. The molecule has 28 heavy (non-hydrogen) atoms. The van der Waals surface area contributed by atoms with Crippen LogP contribution in [0, 0.1) is 0 Å². The van der Waals surface area contributed by atoms with E-state index in [0.29, 0.717) is 10.5 Å². The number of rotatable bonds is 8. The van der Waals surface area contributed by atoms with Crippen molar-refractivity contribution in [3.63, 3.8) is 0 Å². The summed E-state index contributed by atoms with van der Waals surface area (Å²) in [5, 5.41) is 7.60. The third-order valence-corrected chi connectivity index (χ3v) is 7.53. The van der Waals surface area contributed by atoms with E-state index in [4.69, 9.17) is 12.2 Å². The Labute approximate surface area is 180 Å². The van der Waals surface area contributed by atoms with Crippen LogP contribution < -0.4 is 15.4 Å².